The lowest BCUT2D eigenvalue weighted by Gasteiger charge is -2.13. The maximum absolute atomic E-state index is 14.6. The number of pyridine rings is 2. The number of hydrogen-bond acceptors (Lipinski definition) is 8. The number of ether oxygens (including phenoxy) is 1. The third-order valence-electron chi connectivity index (χ3n) is 6.06. The van der Waals surface area contributed by atoms with Gasteiger partial charge in [0.25, 0.3) is 10.0 Å². The monoisotopic (exact) mass is 551 g/mol. The lowest BCUT2D eigenvalue weighted by atomic mass is 10.1. The Kier molecular flexibility index (Phi) is 5.78. The lowest BCUT2D eigenvalue weighted by molar-refractivity contribution is 0.0979. The summed E-state index contributed by atoms with van der Waals surface area (Å²) in [6, 6.07) is 12.7. The minimum absolute atomic E-state index is 0.0441. The van der Waals surface area contributed by atoms with Gasteiger partial charge in [-0.1, -0.05) is 0 Å². The number of fused-ring (bicyclic) bond motifs is 9. The molecule has 0 saturated carbocycles. The Balaban J connectivity index is 1.57. The Morgan fingerprint density at radius 3 is 2.68 bits per heavy atom. The summed E-state index contributed by atoms with van der Waals surface area (Å²) in [4.78, 5) is 24.4. The molecule has 8 bridgehead atoms. The summed E-state index contributed by atoms with van der Waals surface area (Å²) in [6.45, 7) is 0. The van der Waals surface area contributed by atoms with Crippen LogP contribution < -0.4 is 9.46 Å². The molecule has 0 saturated heterocycles. The van der Waals surface area contributed by atoms with Crippen molar-refractivity contribution in [2.75, 3.05) is 11.8 Å². The summed E-state index contributed by atoms with van der Waals surface area (Å²) < 4.78 is 49.9. The van der Waals surface area contributed by atoms with Crippen molar-refractivity contribution < 1.29 is 22.3 Å². The van der Waals surface area contributed by atoms with Crippen LogP contribution in [0.3, 0.4) is 0 Å². The molecule has 0 fully saturated rings. The number of benzene rings is 1. The van der Waals surface area contributed by atoms with E-state index in [0.29, 0.717) is 12.0 Å². The van der Waals surface area contributed by atoms with E-state index in [4.69, 9.17) is 4.74 Å². The molecule has 5 heterocycles. The van der Waals surface area contributed by atoms with E-state index in [1.54, 1.807) is 29.8 Å². The van der Waals surface area contributed by atoms with E-state index in [2.05, 4.69) is 14.7 Å². The number of carbonyl (C=O) groups excluding carboxylic acids is 1. The van der Waals surface area contributed by atoms with Crippen LogP contribution in [0.15, 0.2) is 65.8 Å². The Labute approximate surface area is 219 Å². The van der Waals surface area contributed by atoms with Gasteiger partial charge in [-0.15, -0.1) is 22.7 Å². The summed E-state index contributed by atoms with van der Waals surface area (Å²) in [7, 11) is -2.80. The highest BCUT2D eigenvalue weighted by atomic mass is 32.2. The van der Waals surface area contributed by atoms with Gasteiger partial charge in [-0.3, -0.25) is 14.5 Å². The number of nitrogens with one attached hydrogen (secondary N) is 1. The second-order valence-corrected chi connectivity index (χ2v) is 12.3. The average molecular weight is 552 g/mol. The normalized spacial score (nSPS) is 14.7. The van der Waals surface area contributed by atoms with Gasteiger partial charge >= 0.3 is 0 Å². The van der Waals surface area contributed by atoms with Crippen LogP contribution in [-0.4, -0.2) is 31.3 Å². The number of thiophene rings is 2. The van der Waals surface area contributed by atoms with Gasteiger partial charge in [0.15, 0.2) is 5.78 Å². The van der Waals surface area contributed by atoms with Crippen LogP contribution in [0.5, 0.6) is 5.88 Å². The van der Waals surface area contributed by atoms with Gasteiger partial charge in [0, 0.05) is 44.6 Å². The number of halogens is 1. The number of anilines is 1. The molecule has 1 aliphatic heterocycles. The van der Waals surface area contributed by atoms with Gasteiger partial charge < -0.3 is 4.74 Å². The van der Waals surface area contributed by atoms with Gasteiger partial charge in [0.1, 0.15) is 11.5 Å². The van der Waals surface area contributed by atoms with E-state index >= 15 is 0 Å². The fraction of sp³-hybridized carbons (Fsp3) is 0.115. The molecular weight excluding hydrogens is 534 g/mol. The van der Waals surface area contributed by atoms with E-state index < -0.39 is 21.6 Å². The van der Waals surface area contributed by atoms with Crippen molar-refractivity contribution in [1.82, 2.24) is 9.97 Å². The van der Waals surface area contributed by atoms with Gasteiger partial charge in [-0.05, 0) is 55.0 Å². The fourth-order valence-electron chi connectivity index (χ4n) is 4.21. The zero-order valence-electron chi connectivity index (χ0n) is 19.3. The second kappa shape index (κ2) is 9.02. The Hall–Kier alpha value is -3.67. The Bertz CT molecular complexity index is 1810. The minimum Gasteiger partial charge on any atom is -0.480 e. The molecule has 7 nitrogen and oxygen atoms in total. The predicted molar refractivity (Wildman–Crippen MR) is 143 cm³/mol. The molecular formula is C26H18FN3O4S3. The fourth-order valence-corrected chi connectivity index (χ4v) is 7.52. The Morgan fingerprint density at radius 2 is 1.84 bits per heavy atom. The van der Waals surface area contributed by atoms with Crippen molar-refractivity contribution in [1.29, 1.82) is 0 Å². The highest BCUT2D eigenvalue weighted by molar-refractivity contribution is 7.92. The molecule has 1 aromatic carbocycles. The number of ketones is 1. The first-order valence-corrected chi connectivity index (χ1v) is 14.3. The summed E-state index contributed by atoms with van der Waals surface area (Å²) in [6.07, 6.45) is 3.82. The maximum atomic E-state index is 14.6. The van der Waals surface area contributed by atoms with Crippen molar-refractivity contribution in [2.45, 2.75) is 17.7 Å². The molecule has 186 valence electrons. The van der Waals surface area contributed by atoms with Crippen LogP contribution in [0.4, 0.5) is 10.1 Å². The quantitative estimate of drug-likeness (QED) is 0.268. The van der Waals surface area contributed by atoms with E-state index in [1.165, 1.54) is 18.4 Å². The van der Waals surface area contributed by atoms with Crippen LogP contribution >= 0.6 is 22.7 Å². The van der Waals surface area contributed by atoms with Gasteiger partial charge in [-0.25, -0.2) is 17.8 Å². The number of nitrogens with zero attached hydrogens (tertiary/aromatic N) is 2. The third-order valence-corrected chi connectivity index (χ3v) is 9.81. The smallest absolute Gasteiger partial charge is 0.262 e. The van der Waals surface area contributed by atoms with Crippen molar-refractivity contribution in [2.24, 2.45) is 0 Å². The molecule has 11 heteroatoms. The highest BCUT2D eigenvalue weighted by Crippen LogP contribution is 2.41. The summed E-state index contributed by atoms with van der Waals surface area (Å²) in [5.74, 6) is -1.16. The molecule has 0 unspecified atom stereocenters. The molecule has 0 aliphatic carbocycles. The molecule has 0 spiro atoms. The number of rotatable bonds is 1. The molecule has 6 rings (SSSR count). The lowest BCUT2D eigenvalue weighted by Crippen LogP contribution is -2.15. The minimum atomic E-state index is -4.19. The summed E-state index contributed by atoms with van der Waals surface area (Å²) >= 11 is 3.10. The number of hydrogen-bond donors (Lipinski definition) is 1. The standard InChI is InChI=1S/C26H18FN3O4S3/c1-34-26-21-10-14(13-29-26)24-12-20-25(36-24)17(8-9-28-20)23-7-3-15(35-23)2-6-22(31)18-11-16(4-5-19(18)27)37(32,33)30-21/h3-5,7-13,30H,2,6H2,1H3. The number of methoxy groups -OCH3 is 1. The second-order valence-electron chi connectivity index (χ2n) is 8.40. The molecule has 0 radical (unpaired) electrons. The van der Waals surface area contributed by atoms with E-state index in [0.717, 1.165) is 48.6 Å². The van der Waals surface area contributed by atoms with Crippen molar-refractivity contribution in [3.8, 4) is 26.8 Å². The third kappa shape index (κ3) is 4.28. The van der Waals surface area contributed by atoms with Crippen LogP contribution in [0.25, 0.3) is 31.1 Å². The van der Waals surface area contributed by atoms with Gasteiger partial charge in [-0.2, -0.15) is 0 Å². The first kappa shape index (κ1) is 23.7. The number of aromatic nitrogens is 2. The van der Waals surface area contributed by atoms with Crippen LogP contribution in [0.1, 0.15) is 21.7 Å². The predicted octanol–water partition coefficient (Wildman–Crippen LogP) is 6.16. The number of carbonyl (C=O) groups is 1. The topological polar surface area (TPSA) is 98.2 Å². The van der Waals surface area contributed by atoms with Gasteiger partial charge in [0.05, 0.1) is 27.8 Å². The summed E-state index contributed by atoms with van der Waals surface area (Å²) in [5.41, 5.74) is 2.36. The average Bonchev–Trinajstić information content (AvgIpc) is 3.54. The molecule has 0 amide bonds. The maximum Gasteiger partial charge on any atom is 0.262 e. The molecule has 0 atom stereocenters. The van der Waals surface area contributed by atoms with Crippen LogP contribution in [0, 0.1) is 5.82 Å². The van der Waals surface area contributed by atoms with E-state index in [-0.39, 0.29) is 28.4 Å². The number of aryl methyl sites for hydroxylation is 1. The molecule has 4 aromatic heterocycles. The highest BCUT2D eigenvalue weighted by Gasteiger charge is 2.23. The van der Waals surface area contributed by atoms with E-state index in [9.17, 15) is 17.6 Å². The largest absolute Gasteiger partial charge is 0.480 e. The number of sulfonamides is 1. The van der Waals surface area contributed by atoms with Crippen molar-refractivity contribution >= 4 is 54.4 Å². The van der Waals surface area contributed by atoms with Crippen LogP contribution in [0.2, 0.25) is 0 Å². The molecule has 5 aromatic rings. The molecule has 1 aliphatic rings. The molecule has 37 heavy (non-hydrogen) atoms. The first-order chi connectivity index (χ1) is 17.8. The first-order valence-electron chi connectivity index (χ1n) is 11.2. The van der Waals surface area contributed by atoms with Crippen molar-refractivity contribution in [3.63, 3.8) is 0 Å². The van der Waals surface area contributed by atoms with Crippen LogP contribution in [-0.2, 0) is 16.4 Å². The summed E-state index contributed by atoms with van der Waals surface area (Å²) in [5, 5.41) is 0. The SMILES string of the molecule is COc1ncc2cc1NS(=O)(=O)c1ccc(F)c(c1)C(=O)CCc1ccc(s1)-c1ccnc3cc-2sc13. The zero-order valence-corrected chi connectivity index (χ0v) is 21.8. The Morgan fingerprint density at radius 1 is 0.973 bits per heavy atom. The zero-order chi connectivity index (χ0) is 25.7. The van der Waals surface area contributed by atoms with E-state index in [1.807, 2.05) is 24.3 Å². The number of Topliss-reactive ketones (excluding diaryl/α,β-unsaturated/α-hetero) is 1. The molecule has 1 N–H and O–H groups in total. The van der Waals surface area contributed by atoms with Crippen molar-refractivity contribution in [3.05, 3.63) is 77.2 Å². The van der Waals surface area contributed by atoms with Gasteiger partial charge in [0.2, 0.25) is 5.88 Å².